The number of amidine groups is 2. The molecule has 0 aliphatic heterocycles. The lowest BCUT2D eigenvalue weighted by atomic mass is 10.1. The quantitative estimate of drug-likeness (QED) is 0.224. The molecule has 0 saturated carbocycles. The van der Waals surface area contributed by atoms with Gasteiger partial charge in [0.05, 0.1) is 0 Å². The van der Waals surface area contributed by atoms with Crippen molar-refractivity contribution >= 4 is 23.0 Å². The zero-order valence-corrected chi connectivity index (χ0v) is 22.2. The molecule has 1 aromatic heterocycles. The summed E-state index contributed by atoms with van der Waals surface area (Å²) >= 11 is 1.77. The number of benzene rings is 2. The maximum Gasteiger partial charge on any atom is 0.125 e. The molecule has 7 heteroatoms. The van der Waals surface area contributed by atoms with Crippen LogP contribution >= 0.6 is 11.3 Å². The third-order valence-electron chi connectivity index (χ3n) is 5.63. The van der Waals surface area contributed by atoms with Crippen LogP contribution in [0.15, 0.2) is 70.6 Å². The van der Waals surface area contributed by atoms with Crippen LogP contribution < -0.4 is 11.5 Å². The summed E-state index contributed by atoms with van der Waals surface area (Å²) in [6.45, 7) is 3.51. The van der Waals surface area contributed by atoms with Gasteiger partial charge in [-0.25, -0.2) is 0 Å². The minimum absolute atomic E-state index is 0.600. The highest BCUT2D eigenvalue weighted by molar-refractivity contribution is 7.18. The second-order valence-electron chi connectivity index (χ2n) is 9.17. The van der Waals surface area contributed by atoms with E-state index in [0.717, 1.165) is 50.1 Å². The van der Waals surface area contributed by atoms with E-state index in [-0.39, 0.29) is 0 Å². The Hall–Kier alpha value is -3.00. The topological polar surface area (TPSA) is 83.2 Å². The maximum atomic E-state index is 6.18. The monoisotopic (exact) mass is 490 g/mol. The molecule has 1 heterocycles. The van der Waals surface area contributed by atoms with Crippen LogP contribution in [0.2, 0.25) is 0 Å². The summed E-state index contributed by atoms with van der Waals surface area (Å²) in [5, 5.41) is 0. The summed E-state index contributed by atoms with van der Waals surface area (Å²) in [5.41, 5.74) is 16.6. The van der Waals surface area contributed by atoms with Gasteiger partial charge in [0.2, 0.25) is 0 Å². The lowest BCUT2D eigenvalue weighted by molar-refractivity contribution is 0.403. The molecule has 0 aliphatic rings. The molecule has 0 atom stereocenters. The van der Waals surface area contributed by atoms with Crippen LogP contribution in [0.25, 0.3) is 20.9 Å². The van der Waals surface area contributed by atoms with Gasteiger partial charge in [-0.3, -0.25) is 9.98 Å². The van der Waals surface area contributed by atoms with Gasteiger partial charge in [0, 0.05) is 34.0 Å². The molecule has 0 radical (unpaired) electrons. The fourth-order valence-corrected chi connectivity index (χ4v) is 4.63. The molecule has 0 amide bonds. The van der Waals surface area contributed by atoms with Crippen molar-refractivity contribution in [2.75, 3.05) is 54.4 Å². The van der Waals surface area contributed by atoms with E-state index >= 15 is 0 Å². The van der Waals surface area contributed by atoms with Gasteiger partial charge >= 0.3 is 0 Å². The molecule has 3 rings (SSSR count). The van der Waals surface area contributed by atoms with Gasteiger partial charge in [0.1, 0.15) is 11.7 Å². The molecule has 35 heavy (non-hydrogen) atoms. The van der Waals surface area contributed by atoms with Gasteiger partial charge in [0.25, 0.3) is 0 Å². The lowest BCUT2D eigenvalue weighted by Gasteiger charge is -2.08. The smallest absolute Gasteiger partial charge is 0.125 e. The number of aliphatic imine (C=N–C) groups is 2. The van der Waals surface area contributed by atoms with Crippen LogP contribution in [0.3, 0.4) is 0 Å². The minimum atomic E-state index is 0.600. The SMILES string of the molecule is CN(C)CCCN=C(N)c1ccc(-c2ccc(-c3ccc(C(N)=NCCCN(C)C)cc3)s2)cc1. The number of hydrogen-bond acceptors (Lipinski definition) is 5. The molecule has 0 saturated heterocycles. The molecular formula is C28H38N6S. The average molecular weight is 491 g/mol. The van der Waals surface area contributed by atoms with E-state index in [1.165, 1.54) is 20.9 Å². The second kappa shape index (κ2) is 13.2. The van der Waals surface area contributed by atoms with Gasteiger partial charge in [-0.1, -0.05) is 48.5 Å². The number of rotatable bonds is 12. The van der Waals surface area contributed by atoms with Crippen molar-refractivity contribution in [2.45, 2.75) is 12.8 Å². The largest absolute Gasteiger partial charge is 0.384 e. The molecule has 0 fully saturated rings. The molecule has 0 aliphatic carbocycles. The minimum Gasteiger partial charge on any atom is -0.384 e. The Morgan fingerprint density at radius 1 is 0.629 bits per heavy atom. The molecule has 4 N–H and O–H groups in total. The van der Waals surface area contributed by atoms with Gasteiger partial charge in [-0.05, 0) is 77.4 Å². The van der Waals surface area contributed by atoms with E-state index in [2.05, 4.69) is 109 Å². The van der Waals surface area contributed by atoms with Gasteiger partial charge in [-0.15, -0.1) is 11.3 Å². The first kappa shape index (κ1) is 26.6. The second-order valence-corrected chi connectivity index (χ2v) is 10.2. The van der Waals surface area contributed by atoms with Crippen LogP contribution in [0.4, 0.5) is 0 Å². The standard InChI is InChI=1S/C28H38N6S/c1-33(2)19-5-17-31-27(29)23-11-7-21(8-12-23)25-15-16-26(35-25)22-9-13-24(14-10-22)28(30)32-18-6-20-34(3)4/h7-16H,5-6,17-20H2,1-4H3,(H2,29,31)(H2,30,32). The molecular weight excluding hydrogens is 452 g/mol. The van der Waals surface area contributed by atoms with Crippen molar-refractivity contribution in [1.82, 2.24) is 9.80 Å². The Morgan fingerprint density at radius 3 is 1.34 bits per heavy atom. The Balaban J connectivity index is 1.61. The third kappa shape index (κ3) is 8.31. The van der Waals surface area contributed by atoms with Crippen molar-refractivity contribution in [2.24, 2.45) is 21.5 Å². The first-order valence-corrected chi connectivity index (χ1v) is 12.9. The van der Waals surface area contributed by atoms with E-state index < -0.39 is 0 Å². The fourth-order valence-electron chi connectivity index (χ4n) is 3.61. The number of thiophene rings is 1. The van der Waals surface area contributed by atoms with Gasteiger partial charge in [-0.2, -0.15) is 0 Å². The van der Waals surface area contributed by atoms with Gasteiger partial charge in [0.15, 0.2) is 0 Å². The van der Waals surface area contributed by atoms with Crippen molar-refractivity contribution in [1.29, 1.82) is 0 Å². The fraction of sp³-hybridized carbons (Fsp3) is 0.357. The summed E-state index contributed by atoms with van der Waals surface area (Å²) in [4.78, 5) is 15.8. The number of nitrogens with two attached hydrogens (primary N) is 2. The highest BCUT2D eigenvalue weighted by Crippen LogP contribution is 2.34. The van der Waals surface area contributed by atoms with Crippen LogP contribution in [0.1, 0.15) is 24.0 Å². The summed E-state index contributed by atoms with van der Waals surface area (Å²) in [5.74, 6) is 1.20. The molecule has 0 unspecified atom stereocenters. The number of nitrogens with zero attached hydrogens (tertiary/aromatic N) is 4. The molecule has 6 nitrogen and oxygen atoms in total. The Labute approximate surface area is 214 Å². The summed E-state index contributed by atoms with van der Waals surface area (Å²) in [6.07, 6.45) is 2.00. The van der Waals surface area contributed by atoms with E-state index in [4.69, 9.17) is 11.5 Å². The van der Waals surface area contributed by atoms with Gasteiger partial charge < -0.3 is 21.3 Å². The lowest BCUT2D eigenvalue weighted by Crippen LogP contribution is -2.16. The van der Waals surface area contributed by atoms with Crippen molar-refractivity contribution in [3.8, 4) is 20.9 Å². The predicted octanol–water partition coefficient (Wildman–Crippen LogP) is 4.40. The van der Waals surface area contributed by atoms with Crippen molar-refractivity contribution in [3.05, 3.63) is 71.8 Å². The highest BCUT2D eigenvalue weighted by atomic mass is 32.1. The van der Waals surface area contributed by atoms with Crippen LogP contribution in [-0.2, 0) is 0 Å². The molecule has 2 aromatic carbocycles. The van der Waals surface area contributed by atoms with E-state index in [0.29, 0.717) is 11.7 Å². The molecule has 0 bridgehead atoms. The van der Waals surface area contributed by atoms with Crippen LogP contribution in [0.5, 0.6) is 0 Å². The Kier molecular flexibility index (Phi) is 10.0. The van der Waals surface area contributed by atoms with E-state index in [9.17, 15) is 0 Å². The summed E-state index contributed by atoms with van der Waals surface area (Å²) in [7, 11) is 8.27. The number of hydrogen-bond donors (Lipinski definition) is 2. The summed E-state index contributed by atoms with van der Waals surface area (Å²) in [6, 6.07) is 21.0. The maximum absolute atomic E-state index is 6.18. The first-order valence-electron chi connectivity index (χ1n) is 12.0. The molecule has 186 valence electrons. The normalized spacial score (nSPS) is 12.6. The molecule has 3 aromatic rings. The Morgan fingerprint density at radius 2 is 1.00 bits per heavy atom. The van der Waals surface area contributed by atoms with Crippen molar-refractivity contribution in [3.63, 3.8) is 0 Å². The zero-order chi connectivity index (χ0) is 25.2. The van der Waals surface area contributed by atoms with E-state index in [1.54, 1.807) is 11.3 Å². The third-order valence-corrected chi connectivity index (χ3v) is 6.81. The molecule has 0 spiro atoms. The predicted molar refractivity (Wildman–Crippen MR) is 153 cm³/mol. The highest BCUT2D eigenvalue weighted by Gasteiger charge is 2.07. The van der Waals surface area contributed by atoms with Crippen LogP contribution in [0, 0.1) is 0 Å². The first-order chi connectivity index (χ1) is 16.8. The zero-order valence-electron chi connectivity index (χ0n) is 21.4. The average Bonchev–Trinajstić information content (AvgIpc) is 3.34. The van der Waals surface area contributed by atoms with Crippen LogP contribution in [-0.4, -0.2) is 75.8 Å². The van der Waals surface area contributed by atoms with E-state index in [1.807, 2.05) is 0 Å². The van der Waals surface area contributed by atoms with Crippen molar-refractivity contribution < 1.29 is 0 Å². The summed E-state index contributed by atoms with van der Waals surface area (Å²) < 4.78 is 0. The Bertz CT molecular complexity index is 1020.